The van der Waals surface area contributed by atoms with Crippen LogP contribution in [0.15, 0.2) is 12.3 Å². The molecule has 152 valence electrons. The normalized spacial score (nSPS) is 19.0. The molecule has 1 spiro atoms. The van der Waals surface area contributed by atoms with E-state index in [9.17, 15) is 4.79 Å². The minimum absolute atomic E-state index is 0.00113. The number of hydrogen-bond donors (Lipinski definition) is 1. The number of amides is 1. The Labute approximate surface area is 170 Å². The Morgan fingerprint density at radius 2 is 2.18 bits per heavy atom. The summed E-state index contributed by atoms with van der Waals surface area (Å²) < 4.78 is 8.17. The van der Waals surface area contributed by atoms with Crippen molar-refractivity contribution in [3.63, 3.8) is 0 Å². The van der Waals surface area contributed by atoms with Crippen LogP contribution < -0.4 is 5.32 Å². The maximum Gasteiger partial charge on any atom is 0.261 e. The molecule has 0 atom stereocenters. The van der Waals surface area contributed by atoms with Gasteiger partial charge in [0.2, 0.25) is 0 Å². The third-order valence-corrected chi connectivity index (χ3v) is 7.54. The van der Waals surface area contributed by atoms with Crippen LogP contribution in [0, 0.1) is 6.92 Å². The number of nitrogens with one attached hydrogen (secondary N) is 1. The van der Waals surface area contributed by atoms with Gasteiger partial charge in [0.1, 0.15) is 5.60 Å². The molecule has 0 aromatic carbocycles. The molecule has 1 amide bonds. The number of aryl methyl sites for hydroxylation is 1. The fraction of sp³-hybridized carbons (Fsp3) is 0.619. The number of piperidine rings is 1. The number of likely N-dealkylation sites (tertiary alicyclic amines) is 1. The summed E-state index contributed by atoms with van der Waals surface area (Å²) in [6.45, 7) is 8.83. The maximum atomic E-state index is 12.8. The van der Waals surface area contributed by atoms with E-state index in [-0.39, 0.29) is 11.5 Å². The van der Waals surface area contributed by atoms with Crippen molar-refractivity contribution in [2.24, 2.45) is 7.05 Å². The molecule has 0 aliphatic carbocycles. The molecule has 2 aromatic heterocycles. The van der Waals surface area contributed by atoms with Crippen LogP contribution in [-0.4, -0.2) is 46.8 Å². The molecular weight excluding hydrogens is 372 g/mol. The van der Waals surface area contributed by atoms with Crippen molar-refractivity contribution < 1.29 is 9.53 Å². The third-order valence-electron chi connectivity index (χ3n) is 6.18. The summed E-state index contributed by atoms with van der Waals surface area (Å²) in [7, 11) is 1.92. The van der Waals surface area contributed by atoms with Crippen molar-refractivity contribution in [2.75, 3.05) is 26.2 Å². The molecule has 0 unspecified atom stereocenters. The van der Waals surface area contributed by atoms with Crippen molar-refractivity contribution >= 4 is 17.2 Å². The van der Waals surface area contributed by atoms with Gasteiger partial charge in [0, 0.05) is 42.8 Å². The molecule has 4 rings (SSSR count). The Balaban J connectivity index is 1.47. The second-order valence-corrected chi connectivity index (χ2v) is 9.01. The van der Waals surface area contributed by atoms with E-state index < -0.39 is 0 Å². The Kier molecular flexibility index (Phi) is 5.58. The second-order valence-electron chi connectivity index (χ2n) is 7.96. The van der Waals surface area contributed by atoms with Gasteiger partial charge >= 0.3 is 0 Å². The monoisotopic (exact) mass is 402 g/mol. The molecule has 0 saturated carbocycles. The van der Waals surface area contributed by atoms with Crippen LogP contribution in [0.3, 0.4) is 0 Å². The zero-order valence-corrected chi connectivity index (χ0v) is 17.9. The highest BCUT2D eigenvalue weighted by atomic mass is 32.1. The molecule has 2 aliphatic rings. The fourth-order valence-corrected chi connectivity index (χ4v) is 5.67. The molecule has 4 heterocycles. The highest BCUT2D eigenvalue weighted by Crippen LogP contribution is 2.45. The van der Waals surface area contributed by atoms with Crippen molar-refractivity contribution in [3.8, 4) is 0 Å². The lowest BCUT2D eigenvalue weighted by molar-refractivity contribution is -0.0949. The number of thiophene rings is 1. The smallest absolute Gasteiger partial charge is 0.261 e. The van der Waals surface area contributed by atoms with E-state index in [1.165, 1.54) is 16.9 Å². The van der Waals surface area contributed by atoms with Crippen LogP contribution >= 0.6 is 11.3 Å². The van der Waals surface area contributed by atoms with Crippen LogP contribution in [-0.2, 0) is 30.4 Å². The van der Waals surface area contributed by atoms with E-state index in [2.05, 4.69) is 28.3 Å². The average molecular weight is 403 g/mol. The third kappa shape index (κ3) is 3.63. The second kappa shape index (κ2) is 7.97. The van der Waals surface area contributed by atoms with E-state index in [4.69, 9.17) is 4.74 Å². The van der Waals surface area contributed by atoms with Gasteiger partial charge in [0.05, 0.1) is 17.7 Å². The first-order chi connectivity index (χ1) is 13.5. The van der Waals surface area contributed by atoms with Gasteiger partial charge in [0.15, 0.2) is 0 Å². The lowest BCUT2D eigenvalue weighted by atomic mass is 9.85. The number of rotatable bonds is 5. The van der Waals surface area contributed by atoms with E-state index >= 15 is 0 Å². The summed E-state index contributed by atoms with van der Waals surface area (Å²) in [6, 6.07) is 2.09. The first-order valence-corrected chi connectivity index (χ1v) is 11.1. The first-order valence-electron chi connectivity index (χ1n) is 10.3. The molecule has 0 bridgehead atoms. The number of carbonyl (C=O) groups excluding carboxylic acids is 1. The summed E-state index contributed by atoms with van der Waals surface area (Å²) in [5, 5.41) is 7.31. The highest BCUT2D eigenvalue weighted by Gasteiger charge is 2.42. The molecule has 1 N–H and O–H groups in total. The summed E-state index contributed by atoms with van der Waals surface area (Å²) in [5.74, 6) is 0.00113. The molecule has 6 nitrogen and oxygen atoms in total. The standard InChI is InChI=1S/C21H30N4O2S/c1-4-8-25-9-6-21(7-10-25)19-16(5-11-27-21)12-18(28-19)20(26)22-13-17-14-23-24(3)15(17)2/h12,14H,4-11,13H2,1-3H3,(H,22,26). The zero-order chi connectivity index (χ0) is 19.7. The molecule has 1 saturated heterocycles. The Hall–Kier alpha value is -1.70. The minimum Gasteiger partial charge on any atom is -0.369 e. The Bertz CT molecular complexity index is 849. The Morgan fingerprint density at radius 1 is 1.39 bits per heavy atom. The lowest BCUT2D eigenvalue weighted by Crippen LogP contribution is -2.46. The van der Waals surface area contributed by atoms with E-state index in [1.807, 2.05) is 24.9 Å². The molecule has 1 fully saturated rings. The summed E-state index contributed by atoms with van der Waals surface area (Å²) in [4.78, 5) is 17.4. The predicted molar refractivity (Wildman–Crippen MR) is 111 cm³/mol. The summed E-state index contributed by atoms with van der Waals surface area (Å²) >= 11 is 1.63. The molecule has 2 aromatic rings. The number of fused-ring (bicyclic) bond motifs is 2. The molecule has 28 heavy (non-hydrogen) atoms. The number of carbonyl (C=O) groups is 1. The Morgan fingerprint density at radius 3 is 2.86 bits per heavy atom. The average Bonchev–Trinajstić information content (AvgIpc) is 3.28. The van der Waals surface area contributed by atoms with Crippen LogP contribution in [0.5, 0.6) is 0 Å². The van der Waals surface area contributed by atoms with Crippen molar-refractivity contribution in [1.29, 1.82) is 0 Å². The quantitative estimate of drug-likeness (QED) is 0.835. The van der Waals surface area contributed by atoms with Crippen LogP contribution in [0.2, 0.25) is 0 Å². The van der Waals surface area contributed by atoms with Crippen molar-refractivity contribution in [2.45, 2.75) is 51.7 Å². The molecule has 7 heteroatoms. The predicted octanol–water partition coefficient (Wildman–Crippen LogP) is 2.99. The lowest BCUT2D eigenvalue weighted by Gasteiger charge is -2.43. The molecule has 0 radical (unpaired) electrons. The van der Waals surface area contributed by atoms with Crippen LogP contribution in [0.4, 0.5) is 0 Å². The minimum atomic E-state index is -0.180. The topological polar surface area (TPSA) is 59.4 Å². The number of aromatic nitrogens is 2. The van der Waals surface area contributed by atoms with Gasteiger partial charge in [-0.3, -0.25) is 9.48 Å². The summed E-state index contributed by atoms with van der Waals surface area (Å²) in [5.41, 5.74) is 3.26. The number of nitrogens with zero attached hydrogens (tertiary/aromatic N) is 3. The van der Waals surface area contributed by atoms with Gasteiger partial charge in [0.25, 0.3) is 5.91 Å². The van der Waals surface area contributed by atoms with Crippen LogP contribution in [0.25, 0.3) is 0 Å². The largest absolute Gasteiger partial charge is 0.369 e. The molecular formula is C21H30N4O2S. The molecule has 2 aliphatic heterocycles. The van der Waals surface area contributed by atoms with Crippen LogP contribution in [0.1, 0.15) is 57.6 Å². The zero-order valence-electron chi connectivity index (χ0n) is 17.1. The van der Waals surface area contributed by atoms with Gasteiger partial charge in [-0.1, -0.05) is 6.92 Å². The van der Waals surface area contributed by atoms with Crippen molar-refractivity contribution in [1.82, 2.24) is 20.0 Å². The van der Waals surface area contributed by atoms with E-state index in [1.54, 1.807) is 11.3 Å². The van der Waals surface area contributed by atoms with Gasteiger partial charge in [-0.15, -0.1) is 11.3 Å². The van der Waals surface area contributed by atoms with Crippen molar-refractivity contribution in [3.05, 3.63) is 38.8 Å². The van der Waals surface area contributed by atoms with Gasteiger partial charge in [-0.05, 0) is 50.8 Å². The SMILES string of the molecule is CCCN1CCC2(CC1)OCCc1cc(C(=O)NCc3cnn(C)c3C)sc12. The van der Waals surface area contributed by atoms with Gasteiger partial charge < -0.3 is 15.0 Å². The fourth-order valence-electron chi connectivity index (χ4n) is 4.34. The van der Waals surface area contributed by atoms with Gasteiger partial charge in [-0.2, -0.15) is 5.10 Å². The first kappa shape index (κ1) is 19.6. The van der Waals surface area contributed by atoms with Gasteiger partial charge in [-0.25, -0.2) is 0 Å². The summed E-state index contributed by atoms with van der Waals surface area (Å²) in [6.07, 6.45) is 5.97. The van der Waals surface area contributed by atoms with E-state index in [0.29, 0.717) is 6.54 Å². The number of hydrogen-bond acceptors (Lipinski definition) is 5. The number of ether oxygens (including phenoxy) is 1. The maximum absolute atomic E-state index is 12.8. The van der Waals surface area contributed by atoms with E-state index in [0.717, 1.165) is 61.6 Å². The highest BCUT2D eigenvalue weighted by molar-refractivity contribution is 7.14.